The molecule has 3 heterocycles. The average Bonchev–Trinajstić information content (AvgIpc) is 3.46. The Balaban J connectivity index is 1.45. The molecule has 8 nitrogen and oxygen atoms in total. The summed E-state index contributed by atoms with van der Waals surface area (Å²) in [4.78, 5) is 54.3. The molecule has 0 spiro atoms. The smallest absolute Gasteiger partial charge is 0.331 e. The van der Waals surface area contributed by atoms with Gasteiger partial charge in [-0.1, -0.05) is 38.0 Å². The lowest BCUT2D eigenvalue weighted by Gasteiger charge is -2.31. The van der Waals surface area contributed by atoms with Gasteiger partial charge in [-0.25, -0.2) is 4.79 Å². The van der Waals surface area contributed by atoms with Crippen molar-refractivity contribution in [2.45, 2.75) is 58.0 Å². The molecule has 0 atom stereocenters. The summed E-state index contributed by atoms with van der Waals surface area (Å²) in [5, 5.41) is 3.18. The summed E-state index contributed by atoms with van der Waals surface area (Å²) in [5.74, 6) is -0.517. The van der Waals surface area contributed by atoms with Crippen LogP contribution in [0, 0.1) is 5.92 Å². The quantitative estimate of drug-likeness (QED) is 0.558. The van der Waals surface area contributed by atoms with Gasteiger partial charge in [0.2, 0.25) is 5.91 Å². The molecule has 2 saturated heterocycles. The molecule has 1 aromatic heterocycles. The van der Waals surface area contributed by atoms with Crippen LogP contribution in [0.2, 0.25) is 0 Å². The number of nitrogens with zero attached hydrogens (tertiary/aromatic N) is 3. The third-order valence-electron chi connectivity index (χ3n) is 7.38. The van der Waals surface area contributed by atoms with E-state index in [2.05, 4.69) is 12.2 Å². The van der Waals surface area contributed by atoms with E-state index in [0.717, 1.165) is 62.5 Å². The predicted molar refractivity (Wildman–Crippen MR) is 128 cm³/mol. The third kappa shape index (κ3) is 4.13. The number of fused-ring (bicyclic) bond motifs is 1. The zero-order valence-electron chi connectivity index (χ0n) is 19.5. The van der Waals surface area contributed by atoms with Crippen molar-refractivity contribution in [2.24, 2.45) is 5.92 Å². The first-order valence-electron chi connectivity index (χ1n) is 12.2. The largest absolute Gasteiger partial charge is 0.341 e. The second kappa shape index (κ2) is 9.08. The lowest BCUT2D eigenvalue weighted by molar-refractivity contribution is -0.133. The minimum absolute atomic E-state index is 0.0502. The van der Waals surface area contributed by atoms with Gasteiger partial charge in [0, 0.05) is 41.8 Å². The number of barbiturate groups is 1. The highest BCUT2D eigenvalue weighted by Gasteiger charge is 2.40. The topological polar surface area (TPSA) is 91.7 Å². The summed E-state index contributed by atoms with van der Waals surface area (Å²) in [5.41, 5.74) is 1.49. The van der Waals surface area contributed by atoms with E-state index in [1.165, 1.54) is 4.90 Å². The lowest BCUT2D eigenvalue weighted by Crippen LogP contribution is -2.57. The zero-order valence-corrected chi connectivity index (χ0v) is 19.5. The molecule has 5 amide bonds. The Morgan fingerprint density at radius 3 is 2.50 bits per heavy atom. The molecule has 3 aliphatic rings. The van der Waals surface area contributed by atoms with Gasteiger partial charge in [-0.05, 0) is 43.7 Å². The molecule has 178 valence electrons. The molecular formula is C26H30N4O4. The number of benzene rings is 1. The molecule has 5 rings (SSSR count). The fourth-order valence-electron chi connectivity index (χ4n) is 5.35. The van der Waals surface area contributed by atoms with Crippen molar-refractivity contribution >= 4 is 40.7 Å². The zero-order chi connectivity index (χ0) is 23.8. The monoisotopic (exact) mass is 462 g/mol. The van der Waals surface area contributed by atoms with Crippen molar-refractivity contribution in [1.82, 2.24) is 19.7 Å². The number of imide groups is 2. The molecule has 1 N–H and O–H groups in total. The van der Waals surface area contributed by atoms with E-state index >= 15 is 0 Å². The third-order valence-corrected chi connectivity index (χ3v) is 7.38. The average molecular weight is 463 g/mol. The first kappa shape index (κ1) is 22.4. The van der Waals surface area contributed by atoms with Crippen LogP contribution in [0.4, 0.5) is 4.79 Å². The Labute approximate surface area is 198 Å². The van der Waals surface area contributed by atoms with Gasteiger partial charge in [-0.3, -0.25) is 24.6 Å². The van der Waals surface area contributed by atoms with E-state index in [1.807, 2.05) is 39.9 Å². The van der Waals surface area contributed by atoms with Crippen molar-refractivity contribution in [1.29, 1.82) is 0 Å². The molecule has 1 aromatic carbocycles. The Morgan fingerprint density at radius 1 is 1.06 bits per heavy atom. The Bertz CT molecular complexity index is 1180. The highest BCUT2D eigenvalue weighted by atomic mass is 16.2. The number of nitrogens with one attached hydrogen (secondary N) is 1. The maximum atomic E-state index is 13.2. The molecule has 3 fully saturated rings. The van der Waals surface area contributed by atoms with Crippen LogP contribution in [0.15, 0.2) is 36.0 Å². The Hall–Kier alpha value is -3.42. The van der Waals surface area contributed by atoms with Crippen LogP contribution >= 0.6 is 0 Å². The molecule has 8 heteroatoms. The number of likely N-dealkylation sites (tertiary alicyclic amines) is 1. The Kier molecular flexibility index (Phi) is 5.98. The highest BCUT2D eigenvalue weighted by molar-refractivity contribution is 6.31. The van der Waals surface area contributed by atoms with E-state index < -0.39 is 17.8 Å². The van der Waals surface area contributed by atoms with Crippen molar-refractivity contribution in [3.63, 3.8) is 0 Å². The van der Waals surface area contributed by atoms with Gasteiger partial charge < -0.3 is 9.47 Å². The number of hydrogen-bond acceptors (Lipinski definition) is 4. The normalized spacial score (nSPS) is 21.7. The number of carbonyl (C=O) groups excluding carboxylic acids is 4. The molecule has 0 unspecified atom stereocenters. The summed E-state index contributed by atoms with van der Waals surface area (Å²) >= 11 is 0. The molecule has 1 aliphatic carbocycles. The highest BCUT2D eigenvalue weighted by Crippen LogP contribution is 2.29. The fourth-order valence-corrected chi connectivity index (χ4v) is 5.35. The van der Waals surface area contributed by atoms with Crippen LogP contribution in [0.25, 0.3) is 17.0 Å². The molecule has 0 radical (unpaired) electrons. The van der Waals surface area contributed by atoms with Crippen LogP contribution in [0.5, 0.6) is 0 Å². The van der Waals surface area contributed by atoms with E-state index in [0.29, 0.717) is 11.5 Å². The van der Waals surface area contributed by atoms with Crippen molar-refractivity contribution in [3.05, 3.63) is 41.6 Å². The summed E-state index contributed by atoms with van der Waals surface area (Å²) < 4.78 is 1.88. The standard InChI is InChI=1S/C26H30N4O4/c1-17-10-12-28(13-11-17)23(31)16-29-15-18(20-8-4-5-9-22(20)29)14-21-24(32)27-26(34)30(25(21)33)19-6-2-3-7-19/h4-5,8-9,14-15,17,19H,2-3,6-7,10-13,16H2,1H3,(H,27,32,34)/b21-14-. The number of carbonyl (C=O) groups is 4. The summed E-state index contributed by atoms with van der Waals surface area (Å²) in [6, 6.07) is 6.83. The van der Waals surface area contributed by atoms with Gasteiger partial charge in [-0.2, -0.15) is 0 Å². The second-order valence-electron chi connectivity index (χ2n) is 9.72. The fraction of sp³-hybridized carbons (Fsp3) is 0.462. The van der Waals surface area contributed by atoms with Crippen LogP contribution in [-0.2, 0) is 20.9 Å². The van der Waals surface area contributed by atoms with E-state index in [1.54, 1.807) is 6.08 Å². The van der Waals surface area contributed by atoms with E-state index in [4.69, 9.17) is 0 Å². The summed E-state index contributed by atoms with van der Waals surface area (Å²) in [6.45, 7) is 3.96. The maximum Gasteiger partial charge on any atom is 0.331 e. The maximum absolute atomic E-state index is 13.2. The molecule has 1 saturated carbocycles. The first-order valence-corrected chi connectivity index (χ1v) is 12.2. The van der Waals surface area contributed by atoms with E-state index in [-0.39, 0.29) is 24.1 Å². The number of rotatable bonds is 4. The van der Waals surface area contributed by atoms with Crippen molar-refractivity contribution in [3.8, 4) is 0 Å². The van der Waals surface area contributed by atoms with Gasteiger partial charge in [0.25, 0.3) is 11.8 Å². The van der Waals surface area contributed by atoms with Crippen LogP contribution in [0.3, 0.4) is 0 Å². The number of aromatic nitrogens is 1. The molecule has 2 aliphatic heterocycles. The molecular weight excluding hydrogens is 432 g/mol. The SMILES string of the molecule is CC1CCN(C(=O)Cn2cc(/C=C3/C(=O)NC(=O)N(C4CCCC4)C3=O)c3ccccc32)CC1. The van der Waals surface area contributed by atoms with Crippen LogP contribution in [-0.4, -0.2) is 57.3 Å². The number of urea groups is 1. The van der Waals surface area contributed by atoms with E-state index in [9.17, 15) is 19.2 Å². The van der Waals surface area contributed by atoms with Gasteiger partial charge in [0.1, 0.15) is 12.1 Å². The van der Waals surface area contributed by atoms with Gasteiger partial charge in [-0.15, -0.1) is 0 Å². The lowest BCUT2D eigenvalue weighted by atomic mass is 9.99. The number of amides is 5. The van der Waals surface area contributed by atoms with Gasteiger partial charge in [0.15, 0.2) is 0 Å². The summed E-state index contributed by atoms with van der Waals surface area (Å²) in [6.07, 6.45) is 8.86. The second-order valence-corrected chi connectivity index (χ2v) is 9.72. The van der Waals surface area contributed by atoms with Crippen molar-refractivity contribution < 1.29 is 19.2 Å². The minimum atomic E-state index is -0.681. The molecule has 34 heavy (non-hydrogen) atoms. The van der Waals surface area contributed by atoms with Crippen LogP contribution < -0.4 is 5.32 Å². The number of hydrogen-bond donors (Lipinski definition) is 1. The minimum Gasteiger partial charge on any atom is -0.341 e. The van der Waals surface area contributed by atoms with Crippen molar-refractivity contribution in [2.75, 3.05) is 13.1 Å². The molecule has 2 aromatic rings. The van der Waals surface area contributed by atoms with Gasteiger partial charge >= 0.3 is 6.03 Å². The van der Waals surface area contributed by atoms with Crippen LogP contribution in [0.1, 0.15) is 51.0 Å². The first-order chi connectivity index (χ1) is 16.4. The molecule has 0 bridgehead atoms. The predicted octanol–water partition coefficient (Wildman–Crippen LogP) is 3.30. The number of para-hydroxylation sites is 1. The Morgan fingerprint density at radius 2 is 1.76 bits per heavy atom. The summed E-state index contributed by atoms with van der Waals surface area (Å²) in [7, 11) is 0. The van der Waals surface area contributed by atoms with Gasteiger partial charge in [0.05, 0.1) is 0 Å². The number of piperidine rings is 1.